The smallest absolute Gasteiger partial charge is 0.326 e. The molecule has 0 heterocycles. The number of rotatable bonds is 10. The molecule has 0 fully saturated rings. The zero-order chi connectivity index (χ0) is 18.1. The molecule has 0 aliphatic carbocycles. The van der Waals surface area contributed by atoms with Crippen LogP contribution in [0.3, 0.4) is 0 Å². The predicted octanol–water partition coefficient (Wildman–Crippen LogP) is 3.10. The molecule has 1 aromatic rings. The molecule has 2 N–H and O–H groups in total. The van der Waals surface area contributed by atoms with Crippen LogP contribution < -0.4 is 14.8 Å². The summed E-state index contributed by atoms with van der Waals surface area (Å²) in [6.07, 6.45) is 1.24. The van der Waals surface area contributed by atoms with Crippen LogP contribution in [0, 0.1) is 5.92 Å². The number of hydrogen-bond acceptors (Lipinski definition) is 4. The fourth-order valence-electron chi connectivity index (χ4n) is 2.18. The fourth-order valence-corrected chi connectivity index (χ4v) is 2.18. The Morgan fingerprint density at radius 2 is 1.88 bits per heavy atom. The van der Waals surface area contributed by atoms with Gasteiger partial charge in [0.15, 0.2) is 11.5 Å². The van der Waals surface area contributed by atoms with E-state index in [2.05, 4.69) is 5.32 Å². The minimum absolute atomic E-state index is 0.162. The normalized spacial score (nSPS) is 11.9. The van der Waals surface area contributed by atoms with E-state index in [-0.39, 0.29) is 5.92 Å². The number of hydrogen-bond donors (Lipinski definition) is 2. The number of carboxylic acids is 1. The summed E-state index contributed by atoms with van der Waals surface area (Å²) < 4.78 is 11.1. The van der Waals surface area contributed by atoms with Gasteiger partial charge in [0.1, 0.15) is 6.04 Å². The summed E-state index contributed by atoms with van der Waals surface area (Å²) in [6, 6.07) is 3.95. The molecule has 6 heteroatoms. The molecule has 0 aliphatic heterocycles. The van der Waals surface area contributed by atoms with Crippen molar-refractivity contribution in [2.45, 2.75) is 46.6 Å². The lowest BCUT2D eigenvalue weighted by Gasteiger charge is -2.17. The van der Waals surface area contributed by atoms with Gasteiger partial charge in [-0.15, -0.1) is 0 Å². The molecule has 0 aliphatic rings. The summed E-state index contributed by atoms with van der Waals surface area (Å²) >= 11 is 0. The third kappa shape index (κ3) is 6.10. The monoisotopic (exact) mass is 337 g/mol. The molecule has 0 saturated heterocycles. The Bertz CT molecular complexity index is 556. The molecule has 134 valence electrons. The second-order valence-corrected chi connectivity index (χ2v) is 5.94. The zero-order valence-electron chi connectivity index (χ0n) is 14.8. The van der Waals surface area contributed by atoms with Gasteiger partial charge >= 0.3 is 5.97 Å². The van der Waals surface area contributed by atoms with Crippen molar-refractivity contribution in [3.05, 3.63) is 23.8 Å². The summed E-state index contributed by atoms with van der Waals surface area (Å²) in [4.78, 5) is 23.6. The van der Waals surface area contributed by atoms with E-state index < -0.39 is 17.9 Å². The van der Waals surface area contributed by atoms with Crippen LogP contribution in [0.2, 0.25) is 0 Å². The van der Waals surface area contributed by atoms with E-state index in [1.54, 1.807) is 18.2 Å². The lowest BCUT2D eigenvalue weighted by molar-refractivity contribution is -0.139. The topological polar surface area (TPSA) is 84.9 Å². The summed E-state index contributed by atoms with van der Waals surface area (Å²) in [5.74, 6) is -0.257. The Kier molecular flexibility index (Phi) is 8.09. The fraction of sp³-hybridized carbons (Fsp3) is 0.556. The molecule has 0 unspecified atom stereocenters. The summed E-state index contributed by atoms with van der Waals surface area (Å²) in [6.45, 7) is 8.67. The van der Waals surface area contributed by atoms with Gasteiger partial charge in [-0.05, 0) is 43.9 Å². The van der Waals surface area contributed by atoms with Gasteiger partial charge < -0.3 is 19.9 Å². The average Bonchev–Trinajstić information content (AvgIpc) is 2.52. The second kappa shape index (κ2) is 9.80. The molecular weight excluding hydrogens is 310 g/mol. The highest BCUT2D eigenvalue weighted by molar-refractivity contribution is 5.97. The molecule has 0 saturated carbocycles. The number of ether oxygens (including phenoxy) is 2. The van der Waals surface area contributed by atoms with Crippen molar-refractivity contribution in [1.82, 2.24) is 5.32 Å². The van der Waals surface area contributed by atoms with Gasteiger partial charge in [0.25, 0.3) is 5.91 Å². The van der Waals surface area contributed by atoms with Crippen molar-refractivity contribution < 1.29 is 24.2 Å². The largest absolute Gasteiger partial charge is 0.490 e. The van der Waals surface area contributed by atoms with Crippen LogP contribution in [0.1, 0.15) is 50.9 Å². The summed E-state index contributed by atoms with van der Waals surface area (Å²) in [5, 5.41) is 11.8. The van der Waals surface area contributed by atoms with Gasteiger partial charge in [-0.25, -0.2) is 4.79 Å². The van der Waals surface area contributed by atoms with Crippen LogP contribution in [-0.2, 0) is 4.79 Å². The van der Waals surface area contributed by atoms with Gasteiger partial charge in [-0.2, -0.15) is 0 Å². The van der Waals surface area contributed by atoms with Crippen molar-refractivity contribution in [3.8, 4) is 11.5 Å². The Balaban J connectivity index is 2.92. The Morgan fingerprint density at radius 3 is 2.42 bits per heavy atom. The van der Waals surface area contributed by atoms with E-state index in [0.717, 1.165) is 6.42 Å². The van der Waals surface area contributed by atoms with Gasteiger partial charge in [-0.3, -0.25) is 4.79 Å². The SMILES string of the molecule is CCCOc1ccc(C(=O)N[C@@H](CC(C)C)C(=O)O)cc1OCC. The highest BCUT2D eigenvalue weighted by Crippen LogP contribution is 2.28. The van der Waals surface area contributed by atoms with Gasteiger partial charge in [0, 0.05) is 5.56 Å². The van der Waals surface area contributed by atoms with E-state index in [9.17, 15) is 14.7 Å². The van der Waals surface area contributed by atoms with E-state index in [1.165, 1.54) is 0 Å². The maximum absolute atomic E-state index is 12.4. The summed E-state index contributed by atoms with van der Waals surface area (Å²) in [5.41, 5.74) is 0.345. The standard InChI is InChI=1S/C18H27NO5/c1-5-9-24-15-8-7-13(11-16(15)23-6-2)17(20)19-14(18(21)22)10-12(3)4/h7-8,11-12,14H,5-6,9-10H2,1-4H3,(H,19,20)(H,21,22)/t14-/m0/s1. The van der Waals surface area contributed by atoms with Crippen LogP contribution >= 0.6 is 0 Å². The lowest BCUT2D eigenvalue weighted by Crippen LogP contribution is -2.41. The molecular formula is C18H27NO5. The van der Waals surface area contributed by atoms with Crippen LogP contribution in [0.15, 0.2) is 18.2 Å². The first-order valence-electron chi connectivity index (χ1n) is 8.32. The molecule has 0 bridgehead atoms. The Hall–Kier alpha value is -2.24. The predicted molar refractivity (Wildman–Crippen MR) is 91.7 cm³/mol. The molecule has 24 heavy (non-hydrogen) atoms. The Labute approximate surface area is 143 Å². The highest BCUT2D eigenvalue weighted by atomic mass is 16.5. The molecule has 1 atom stereocenters. The highest BCUT2D eigenvalue weighted by Gasteiger charge is 2.22. The second-order valence-electron chi connectivity index (χ2n) is 5.94. The average molecular weight is 337 g/mol. The number of carboxylic acid groups (broad SMARTS) is 1. The molecule has 0 radical (unpaired) electrons. The molecule has 1 aromatic carbocycles. The number of aliphatic carboxylic acids is 1. The van der Waals surface area contributed by atoms with E-state index in [4.69, 9.17) is 9.47 Å². The van der Waals surface area contributed by atoms with E-state index >= 15 is 0 Å². The van der Waals surface area contributed by atoms with Gasteiger partial charge in [-0.1, -0.05) is 20.8 Å². The van der Waals surface area contributed by atoms with Crippen molar-refractivity contribution in [3.63, 3.8) is 0 Å². The van der Waals surface area contributed by atoms with Crippen molar-refractivity contribution in [2.75, 3.05) is 13.2 Å². The molecule has 1 amide bonds. The van der Waals surface area contributed by atoms with E-state index in [1.807, 2.05) is 27.7 Å². The maximum atomic E-state index is 12.4. The number of carbonyl (C=O) groups is 2. The van der Waals surface area contributed by atoms with Crippen molar-refractivity contribution >= 4 is 11.9 Å². The molecule has 6 nitrogen and oxygen atoms in total. The minimum atomic E-state index is -1.04. The first-order valence-corrected chi connectivity index (χ1v) is 8.32. The van der Waals surface area contributed by atoms with Gasteiger partial charge in [0.2, 0.25) is 0 Å². The van der Waals surface area contributed by atoms with Gasteiger partial charge in [0.05, 0.1) is 13.2 Å². The maximum Gasteiger partial charge on any atom is 0.326 e. The quantitative estimate of drug-likeness (QED) is 0.685. The summed E-state index contributed by atoms with van der Waals surface area (Å²) in [7, 11) is 0. The third-order valence-corrected chi connectivity index (χ3v) is 3.28. The zero-order valence-corrected chi connectivity index (χ0v) is 14.8. The first kappa shape index (κ1) is 19.8. The van der Waals surface area contributed by atoms with Crippen LogP contribution in [0.5, 0.6) is 11.5 Å². The lowest BCUT2D eigenvalue weighted by atomic mass is 10.0. The Morgan fingerprint density at radius 1 is 1.17 bits per heavy atom. The van der Waals surface area contributed by atoms with Crippen molar-refractivity contribution in [2.24, 2.45) is 5.92 Å². The van der Waals surface area contributed by atoms with E-state index in [0.29, 0.717) is 36.7 Å². The number of carbonyl (C=O) groups excluding carboxylic acids is 1. The van der Waals surface area contributed by atoms with Crippen LogP contribution in [-0.4, -0.2) is 36.2 Å². The third-order valence-electron chi connectivity index (χ3n) is 3.28. The number of nitrogens with one attached hydrogen (secondary N) is 1. The number of amides is 1. The van der Waals surface area contributed by atoms with Crippen molar-refractivity contribution in [1.29, 1.82) is 0 Å². The first-order chi connectivity index (χ1) is 11.4. The van der Waals surface area contributed by atoms with Crippen LogP contribution in [0.4, 0.5) is 0 Å². The molecule has 1 rings (SSSR count). The molecule has 0 spiro atoms. The molecule has 0 aromatic heterocycles. The van der Waals surface area contributed by atoms with Crippen LogP contribution in [0.25, 0.3) is 0 Å². The number of benzene rings is 1. The minimum Gasteiger partial charge on any atom is -0.490 e.